The molecule has 0 aliphatic heterocycles. The maximum atomic E-state index is 11.2. The summed E-state index contributed by atoms with van der Waals surface area (Å²) in [5, 5.41) is 9.20. The molecule has 0 heterocycles. The minimum Gasteiger partial charge on any atom is -0.490 e. The molecule has 0 aromatic heterocycles. The third kappa shape index (κ3) is 3.31. The summed E-state index contributed by atoms with van der Waals surface area (Å²) in [7, 11) is 0. The molecule has 0 saturated heterocycles. The zero-order chi connectivity index (χ0) is 14.8. The van der Waals surface area contributed by atoms with Crippen molar-refractivity contribution in [3.05, 3.63) is 29.8 Å². The molecule has 2 atom stereocenters. The summed E-state index contributed by atoms with van der Waals surface area (Å²) < 4.78 is 5.89. The van der Waals surface area contributed by atoms with E-state index in [1.807, 2.05) is 12.1 Å². The number of carboxylic acids is 1. The first kappa shape index (κ1) is 14.9. The van der Waals surface area contributed by atoms with Gasteiger partial charge >= 0.3 is 5.97 Å². The average molecular weight is 277 g/mol. The van der Waals surface area contributed by atoms with E-state index in [9.17, 15) is 9.90 Å². The Morgan fingerprint density at radius 3 is 2.60 bits per heavy atom. The Balaban J connectivity index is 2.01. The molecule has 0 radical (unpaired) electrons. The molecule has 110 valence electrons. The number of carboxylic acid groups (broad SMARTS) is 1. The summed E-state index contributed by atoms with van der Waals surface area (Å²) in [5.41, 5.74) is 6.06. The third-order valence-electron chi connectivity index (χ3n) is 4.02. The summed E-state index contributed by atoms with van der Waals surface area (Å²) in [6, 6.07) is 8.00. The van der Waals surface area contributed by atoms with Crippen LogP contribution in [0.25, 0.3) is 0 Å². The fourth-order valence-electron chi connectivity index (χ4n) is 2.67. The molecule has 4 nitrogen and oxygen atoms in total. The van der Waals surface area contributed by atoms with Crippen LogP contribution >= 0.6 is 0 Å². The maximum absolute atomic E-state index is 11.2. The number of hydrogen-bond donors (Lipinski definition) is 2. The molecule has 1 aromatic carbocycles. The number of benzene rings is 1. The summed E-state index contributed by atoms with van der Waals surface area (Å²) in [5.74, 6) is 0.345. The largest absolute Gasteiger partial charge is 0.490 e. The minimum absolute atomic E-state index is 0.116. The molecule has 0 spiro atoms. The molecular weight excluding hydrogens is 254 g/mol. The quantitative estimate of drug-likeness (QED) is 0.887. The van der Waals surface area contributed by atoms with Crippen LogP contribution in [0.15, 0.2) is 24.3 Å². The van der Waals surface area contributed by atoms with Crippen molar-refractivity contribution < 1.29 is 14.6 Å². The van der Waals surface area contributed by atoms with E-state index >= 15 is 0 Å². The molecule has 2 unspecified atom stereocenters. The topological polar surface area (TPSA) is 72.5 Å². The van der Waals surface area contributed by atoms with E-state index in [2.05, 4.69) is 26.0 Å². The van der Waals surface area contributed by atoms with E-state index < -0.39 is 11.5 Å². The molecule has 1 aromatic rings. The van der Waals surface area contributed by atoms with Crippen LogP contribution in [-0.4, -0.2) is 22.7 Å². The second kappa shape index (κ2) is 5.83. The van der Waals surface area contributed by atoms with E-state index in [0.717, 1.165) is 18.6 Å². The van der Waals surface area contributed by atoms with Gasteiger partial charge in [0.1, 0.15) is 17.4 Å². The second-order valence-corrected chi connectivity index (χ2v) is 6.02. The van der Waals surface area contributed by atoms with Gasteiger partial charge in [0.2, 0.25) is 0 Å². The van der Waals surface area contributed by atoms with Crippen molar-refractivity contribution in [2.75, 3.05) is 0 Å². The van der Waals surface area contributed by atoms with E-state index in [1.54, 1.807) is 0 Å². The van der Waals surface area contributed by atoms with Gasteiger partial charge in [0.05, 0.1) is 0 Å². The van der Waals surface area contributed by atoms with Gasteiger partial charge in [0.25, 0.3) is 0 Å². The Hall–Kier alpha value is -1.55. The lowest BCUT2D eigenvalue weighted by Crippen LogP contribution is -2.53. The van der Waals surface area contributed by atoms with E-state index in [0.29, 0.717) is 18.8 Å². The predicted octanol–water partition coefficient (Wildman–Crippen LogP) is 2.91. The molecule has 2 rings (SSSR count). The first-order chi connectivity index (χ1) is 9.40. The van der Waals surface area contributed by atoms with E-state index in [-0.39, 0.29) is 6.10 Å². The molecule has 3 N–H and O–H groups in total. The molecule has 20 heavy (non-hydrogen) atoms. The standard InChI is InChI=1S/C16H23NO3/c1-11(2)12-5-7-13(8-6-12)20-14-4-3-9-16(17,10-14)15(18)19/h5-8,11,14H,3-4,9-10,17H2,1-2H3,(H,18,19). The Morgan fingerprint density at radius 1 is 1.40 bits per heavy atom. The van der Waals surface area contributed by atoms with Crippen molar-refractivity contribution in [3.8, 4) is 5.75 Å². The Bertz CT molecular complexity index is 469. The third-order valence-corrected chi connectivity index (χ3v) is 4.02. The van der Waals surface area contributed by atoms with Gasteiger partial charge in [0.15, 0.2) is 0 Å². The first-order valence-electron chi connectivity index (χ1n) is 7.19. The van der Waals surface area contributed by atoms with E-state index in [1.165, 1.54) is 5.56 Å². The van der Waals surface area contributed by atoms with Gasteiger partial charge in [-0.2, -0.15) is 0 Å². The predicted molar refractivity (Wildman–Crippen MR) is 78.0 cm³/mol. The Labute approximate surface area is 119 Å². The highest BCUT2D eigenvalue weighted by Gasteiger charge is 2.40. The lowest BCUT2D eigenvalue weighted by molar-refractivity contribution is -0.145. The SMILES string of the molecule is CC(C)c1ccc(OC2CCCC(N)(C(=O)O)C2)cc1. The number of aliphatic carboxylic acids is 1. The monoisotopic (exact) mass is 277 g/mol. The Morgan fingerprint density at radius 2 is 2.05 bits per heavy atom. The summed E-state index contributed by atoms with van der Waals surface area (Å²) >= 11 is 0. The molecule has 0 amide bonds. The van der Waals surface area contributed by atoms with Crippen molar-refractivity contribution in [3.63, 3.8) is 0 Å². The van der Waals surface area contributed by atoms with Crippen molar-refractivity contribution in [2.24, 2.45) is 5.73 Å². The number of ether oxygens (including phenoxy) is 1. The number of rotatable bonds is 4. The van der Waals surface area contributed by atoms with Gasteiger partial charge in [-0.1, -0.05) is 26.0 Å². The van der Waals surface area contributed by atoms with Gasteiger partial charge in [0, 0.05) is 6.42 Å². The zero-order valence-corrected chi connectivity index (χ0v) is 12.1. The number of carbonyl (C=O) groups is 1. The molecule has 1 saturated carbocycles. The molecular formula is C16H23NO3. The molecule has 0 bridgehead atoms. The van der Waals surface area contributed by atoms with E-state index in [4.69, 9.17) is 10.5 Å². The van der Waals surface area contributed by atoms with Crippen molar-refractivity contribution in [1.82, 2.24) is 0 Å². The van der Waals surface area contributed by atoms with Gasteiger partial charge in [-0.3, -0.25) is 4.79 Å². The molecule has 1 fully saturated rings. The summed E-state index contributed by atoms with van der Waals surface area (Å²) in [4.78, 5) is 11.2. The highest BCUT2D eigenvalue weighted by molar-refractivity contribution is 5.78. The lowest BCUT2D eigenvalue weighted by atomic mass is 9.81. The van der Waals surface area contributed by atoms with Crippen LogP contribution in [0.5, 0.6) is 5.75 Å². The summed E-state index contributed by atoms with van der Waals surface area (Å²) in [6.07, 6.45) is 2.42. The highest BCUT2D eigenvalue weighted by atomic mass is 16.5. The minimum atomic E-state index is -1.14. The van der Waals surface area contributed by atoms with Crippen LogP contribution in [-0.2, 0) is 4.79 Å². The van der Waals surface area contributed by atoms with Gasteiger partial charge in [-0.15, -0.1) is 0 Å². The van der Waals surface area contributed by atoms with Crippen molar-refractivity contribution in [1.29, 1.82) is 0 Å². The van der Waals surface area contributed by atoms with Gasteiger partial charge < -0.3 is 15.6 Å². The van der Waals surface area contributed by atoms with Crippen LogP contribution in [0.2, 0.25) is 0 Å². The normalized spacial score (nSPS) is 26.5. The molecule has 1 aliphatic carbocycles. The second-order valence-electron chi connectivity index (χ2n) is 6.02. The Kier molecular flexibility index (Phi) is 4.33. The average Bonchev–Trinajstić information content (AvgIpc) is 2.39. The van der Waals surface area contributed by atoms with Crippen LogP contribution in [0, 0.1) is 0 Å². The number of hydrogen-bond acceptors (Lipinski definition) is 3. The van der Waals surface area contributed by atoms with Gasteiger partial charge in [-0.25, -0.2) is 0 Å². The van der Waals surface area contributed by atoms with Gasteiger partial charge in [-0.05, 0) is 42.9 Å². The smallest absolute Gasteiger partial charge is 0.323 e. The van der Waals surface area contributed by atoms with Crippen LogP contribution in [0.3, 0.4) is 0 Å². The number of nitrogens with two attached hydrogens (primary N) is 1. The van der Waals surface area contributed by atoms with Crippen LogP contribution < -0.4 is 10.5 Å². The highest BCUT2D eigenvalue weighted by Crippen LogP contribution is 2.30. The van der Waals surface area contributed by atoms with Crippen molar-refractivity contribution in [2.45, 2.75) is 57.1 Å². The van der Waals surface area contributed by atoms with Crippen LogP contribution in [0.4, 0.5) is 0 Å². The fraction of sp³-hybridized carbons (Fsp3) is 0.562. The maximum Gasteiger partial charge on any atom is 0.323 e. The fourth-order valence-corrected chi connectivity index (χ4v) is 2.67. The van der Waals surface area contributed by atoms with Crippen molar-refractivity contribution >= 4 is 5.97 Å². The zero-order valence-electron chi connectivity index (χ0n) is 12.1. The molecule has 4 heteroatoms. The summed E-state index contributed by atoms with van der Waals surface area (Å²) in [6.45, 7) is 4.29. The first-order valence-corrected chi connectivity index (χ1v) is 7.19. The lowest BCUT2D eigenvalue weighted by Gasteiger charge is -2.34. The van der Waals surface area contributed by atoms with Crippen LogP contribution in [0.1, 0.15) is 51.0 Å². The molecule has 1 aliphatic rings.